The van der Waals surface area contributed by atoms with Crippen molar-refractivity contribution >= 4 is 11.3 Å². The molecule has 0 atom stereocenters. The van der Waals surface area contributed by atoms with Gasteiger partial charge in [0.05, 0.1) is 24.3 Å². The molecule has 124 valence electrons. The number of benzene rings is 1. The van der Waals surface area contributed by atoms with E-state index in [2.05, 4.69) is 14.5 Å². The van der Waals surface area contributed by atoms with Gasteiger partial charge >= 0.3 is 0 Å². The molecule has 0 saturated heterocycles. The summed E-state index contributed by atoms with van der Waals surface area (Å²) < 4.78 is 2.06. The van der Waals surface area contributed by atoms with Gasteiger partial charge in [-0.15, -0.1) is 0 Å². The molecular formula is C18H20N4O2. The first-order chi connectivity index (χ1) is 11.7. The number of aliphatic hydroxyl groups excluding tert-OH is 1. The third kappa shape index (κ3) is 2.97. The first-order valence-corrected chi connectivity index (χ1v) is 8.34. The van der Waals surface area contributed by atoms with E-state index in [-0.39, 0.29) is 11.9 Å². The van der Waals surface area contributed by atoms with Crippen LogP contribution in [-0.4, -0.2) is 35.8 Å². The largest absolute Gasteiger partial charge is 0.508 e. The van der Waals surface area contributed by atoms with Gasteiger partial charge < -0.3 is 14.8 Å². The van der Waals surface area contributed by atoms with Crippen LogP contribution in [-0.2, 0) is 6.54 Å². The summed E-state index contributed by atoms with van der Waals surface area (Å²) in [5, 5.41) is 19.1. The Bertz CT molecular complexity index is 836. The number of hydrogen-bond donors (Lipinski definition) is 2. The van der Waals surface area contributed by atoms with Crippen LogP contribution in [0.25, 0.3) is 22.6 Å². The summed E-state index contributed by atoms with van der Waals surface area (Å²) in [6.45, 7) is 0.858. The average molecular weight is 324 g/mol. The van der Waals surface area contributed by atoms with Crippen LogP contribution in [0.1, 0.15) is 25.7 Å². The molecule has 1 aliphatic carbocycles. The number of imidazole rings is 1. The standard InChI is InChI=1S/C18H20N4O2/c23-14-5-1-12(2-6-14)10-22-11-20-17-18(22)21-16(9-19-17)13-3-7-15(24)8-4-13/h3-4,7-9,11-12,14,23-24H,1-2,5-6,10H2. The number of nitrogens with zero attached hydrogens (tertiary/aromatic N) is 4. The predicted octanol–water partition coefficient (Wildman–Crippen LogP) is 2.75. The van der Waals surface area contributed by atoms with Crippen molar-refractivity contribution in [3.8, 4) is 17.0 Å². The predicted molar refractivity (Wildman–Crippen MR) is 90.4 cm³/mol. The highest BCUT2D eigenvalue weighted by molar-refractivity contribution is 5.71. The number of rotatable bonds is 3. The maximum atomic E-state index is 9.65. The normalized spacial score (nSPS) is 21.2. The highest BCUT2D eigenvalue weighted by atomic mass is 16.3. The number of aromatic hydroxyl groups is 1. The van der Waals surface area contributed by atoms with Crippen LogP contribution in [0.3, 0.4) is 0 Å². The van der Waals surface area contributed by atoms with Gasteiger partial charge in [0.15, 0.2) is 11.3 Å². The number of fused-ring (bicyclic) bond motifs is 1. The Hall–Kier alpha value is -2.47. The fraction of sp³-hybridized carbons (Fsp3) is 0.389. The third-order valence-electron chi connectivity index (χ3n) is 4.76. The van der Waals surface area contributed by atoms with E-state index >= 15 is 0 Å². The van der Waals surface area contributed by atoms with Gasteiger partial charge in [0.1, 0.15) is 5.75 Å². The monoisotopic (exact) mass is 324 g/mol. The SMILES string of the molecule is Oc1ccc(-c2cnc3ncn(CC4CCC(O)CC4)c3n2)cc1. The fourth-order valence-electron chi connectivity index (χ4n) is 3.35. The van der Waals surface area contributed by atoms with E-state index in [4.69, 9.17) is 4.98 Å². The molecule has 1 aliphatic rings. The number of aromatic nitrogens is 4. The van der Waals surface area contributed by atoms with E-state index in [9.17, 15) is 10.2 Å². The molecule has 1 aromatic carbocycles. The smallest absolute Gasteiger partial charge is 0.197 e. The first-order valence-electron chi connectivity index (χ1n) is 8.34. The Balaban J connectivity index is 1.62. The minimum absolute atomic E-state index is 0.137. The van der Waals surface area contributed by atoms with Gasteiger partial charge in [-0.25, -0.2) is 15.0 Å². The van der Waals surface area contributed by atoms with Crippen molar-refractivity contribution in [2.45, 2.75) is 38.3 Å². The lowest BCUT2D eigenvalue weighted by molar-refractivity contribution is 0.104. The van der Waals surface area contributed by atoms with E-state index < -0.39 is 0 Å². The number of aliphatic hydroxyl groups is 1. The van der Waals surface area contributed by atoms with Gasteiger partial charge in [-0.1, -0.05) is 0 Å². The zero-order valence-corrected chi connectivity index (χ0v) is 13.3. The lowest BCUT2D eigenvalue weighted by atomic mass is 9.87. The van der Waals surface area contributed by atoms with Gasteiger partial charge in [0.2, 0.25) is 0 Å². The molecule has 3 aromatic rings. The summed E-state index contributed by atoms with van der Waals surface area (Å²) in [5.74, 6) is 0.780. The second-order valence-corrected chi connectivity index (χ2v) is 6.52. The number of phenolic OH excluding ortho intramolecular Hbond substituents is 1. The molecule has 4 rings (SSSR count). The van der Waals surface area contributed by atoms with Crippen molar-refractivity contribution in [1.29, 1.82) is 0 Å². The topological polar surface area (TPSA) is 84.1 Å². The molecule has 2 heterocycles. The highest BCUT2D eigenvalue weighted by Crippen LogP contribution is 2.27. The van der Waals surface area contributed by atoms with Gasteiger partial charge in [-0.3, -0.25) is 0 Å². The molecule has 24 heavy (non-hydrogen) atoms. The zero-order chi connectivity index (χ0) is 16.5. The Morgan fingerprint density at radius 1 is 1.04 bits per heavy atom. The molecule has 0 radical (unpaired) electrons. The van der Waals surface area contributed by atoms with Crippen LogP contribution in [0.2, 0.25) is 0 Å². The van der Waals surface area contributed by atoms with E-state index in [0.29, 0.717) is 11.6 Å². The molecule has 2 N–H and O–H groups in total. The molecule has 1 saturated carbocycles. The summed E-state index contributed by atoms with van der Waals surface area (Å²) >= 11 is 0. The lowest BCUT2D eigenvalue weighted by Gasteiger charge is -2.25. The summed E-state index contributed by atoms with van der Waals surface area (Å²) in [5.41, 5.74) is 3.11. The van der Waals surface area contributed by atoms with Crippen molar-refractivity contribution in [3.05, 3.63) is 36.8 Å². The van der Waals surface area contributed by atoms with Gasteiger partial charge in [-0.2, -0.15) is 0 Å². The molecule has 0 aliphatic heterocycles. The molecule has 2 aromatic heterocycles. The minimum atomic E-state index is -0.137. The average Bonchev–Trinajstić information content (AvgIpc) is 3.00. The molecular weight excluding hydrogens is 304 g/mol. The molecule has 6 heteroatoms. The van der Waals surface area contributed by atoms with Crippen molar-refractivity contribution in [2.75, 3.05) is 0 Å². The molecule has 0 spiro atoms. The highest BCUT2D eigenvalue weighted by Gasteiger charge is 2.20. The van der Waals surface area contributed by atoms with Crippen LogP contribution < -0.4 is 0 Å². The fourth-order valence-corrected chi connectivity index (χ4v) is 3.35. The van der Waals surface area contributed by atoms with Crippen molar-refractivity contribution in [1.82, 2.24) is 19.5 Å². The first kappa shape index (κ1) is 15.1. The number of phenols is 1. The molecule has 1 fully saturated rings. The maximum absolute atomic E-state index is 9.65. The van der Waals surface area contributed by atoms with Crippen molar-refractivity contribution in [2.24, 2.45) is 5.92 Å². The Labute approximate surface area is 139 Å². The minimum Gasteiger partial charge on any atom is -0.508 e. The maximum Gasteiger partial charge on any atom is 0.197 e. The lowest BCUT2D eigenvalue weighted by Crippen LogP contribution is -2.21. The molecule has 0 amide bonds. The Kier molecular flexibility index (Phi) is 3.90. The quantitative estimate of drug-likeness (QED) is 0.774. The van der Waals surface area contributed by atoms with Crippen LogP contribution >= 0.6 is 0 Å². The molecule has 0 bridgehead atoms. The number of hydrogen-bond acceptors (Lipinski definition) is 5. The summed E-state index contributed by atoms with van der Waals surface area (Å²) in [4.78, 5) is 13.5. The summed E-state index contributed by atoms with van der Waals surface area (Å²) in [6.07, 6.45) is 7.20. The summed E-state index contributed by atoms with van der Waals surface area (Å²) in [6, 6.07) is 6.94. The second kappa shape index (κ2) is 6.20. The van der Waals surface area contributed by atoms with E-state index in [1.165, 1.54) is 0 Å². The second-order valence-electron chi connectivity index (χ2n) is 6.52. The third-order valence-corrected chi connectivity index (χ3v) is 4.76. The van der Waals surface area contributed by atoms with Gasteiger partial charge in [0, 0.05) is 12.1 Å². The van der Waals surface area contributed by atoms with Crippen molar-refractivity contribution < 1.29 is 10.2 Å². The van der Waals surface area contributed by atoms with Gasteiger partial charge in [0.25, 0.3) is 0 Å². The molecule has 6 nitrogen and oxygen atoms in total. The zero-order valence-electron chi connectivity index (χ0n) is 13.3. The Morgan fingerprint density at radius 3 is 2.54 bits per heavy atom. The van der Waals surface area contributed by atoms with Crippen LogP contribution in [0.4, 0.5) is 0 Å². The Morgan fingerprint density at radius 2 is 1.79 bits per heavy atom. The summed E-state index contributed by atoms with van der Waals surface area (Å²) in [7, 11) is 0. The van der Waals surface area contributed by atoms with Crippen molar-refractivity contribution in [3.63, 3.8) is 0 Å². The van der Waals surface area contributed by atoms with Crippen LogP contribution in [0.5, 0.6) is 5.75 Å². The molecule has 0 unspecified atom stereocenters. The van der Waals surface area contributed by atoms with E-state index in [0.717, 1.165) is 49.1 Å². The van der Waals surface area contributed by atoms with Crippen LogP contribution in [0.15, 0.2) is 36.8 Å². The van der Waals surface area contributed by atoms with E-state index in [1.54, 1.807) is 24.7 Å². The van der Waals surface area contributed by atoms with Gasteiger partial charge in [-0.05, 0) is 55.9 Å². The van der Waals surface area contributed by atoms with E-state index in [1.807, 2.05) is 12.1 Å². The van der Waals surface area contributed by atoms with Crippen LogP contribution in [0, 0.1) is 5.92 Å².